The molecule has 0 unspecified atom stereocenters. The fourth-order valence-corrected chi connectivity index (χ4v) is 5.01. The molecule has 2 saturated heterocycles. The van der Waals surface area contributed by atoms with Gasteiger partial charge in [0.25, 0.3) is 5.91 Å². The highest BCUT2D eigenvalue weighted by Gasteiger charge is 2.27. The lowest BCUT2D eigenvalue weighted by Gasteiger charge is -2.40. The summed E-state index contributed by atoms with van der Waals surface area (Å²) in [5.74, 6) is 3.64. The number of aromatic nitrogens is 2. The molecule has 0 atom stereocenters. The number of nitrogens with zero attached hydrogens (tertiary/aromatic N) is 4. The molecule has 6 heteroatoms. The van der Waals surface area contributed by atoms with Gasteiger partial charge < -0.3 is 9.47 Å². The van der Waals surface area contributed by atoms with Crippen LogP contribution in [-0.2, 0) is 7.05 Å². The molecule has 26 heavy (non-hydrogen) atoms. The zero-order chi connectivity index (χ0) is 17.9. The smallest absolute Gasteiger partial charge is 0.253 e. The maximum atomic E-state index is 12.8. The Morgan fingerprint density at radius 2 is 1.77 bits per heavy atom. The number of hydrogen-bond acceptors (Lipinski definition) is 4. The predicted octanol–water partition coefficient (Wildman–Crippen LogP) is 2.74. The Labute approximate surface area is 159 Å². The molecule has 1 amide bonds. The number of benzene rings is 1. The Morgan fingerprint density at radius 1 is 1.08 bits per heavy atom. The molecule has 1 aromatic carbocycles. The van der Waals surface area contributed by atoms with Crippen LogP contribution < -0.4 is 0 Å². The van der Waals surface area contributed by atoms with Crippen molar-refractivity contribution >= 4 is 17.7 Å². The molecule has 5 nitrogen and oxygen atoms in total. The molecular weight excluding hydrogens is 344 g/mol. The summed E-state index contributed by atoms with van der Waals surface area (Å²) >= 11 is 2.07. The van der Waals surface area contributed by atoms with Crippen molar-refractivity contribution in [3.8, 4) is 11.4 Å². The number of piperazine rings is 1. The third-order valence-electron chi connectivity index (χ3n) is 5.52. The Hall–Kier alpha value is -1.79. The Bertz CT molecular complexity index is 743. The van der Waals surface area contributed by atoms with Gasteiger partial charge >= 0.3 is 0 Å². The molecule has 2 fully saturated rings. The first-order valence-corrected chi connectivity index (χ1v) is 10.6. The lowest BCUT2D eigenvalue weighted by molar-refractivity contribution is 0.0559. The van der Waals surface area contributed by atoms with Gasteiger partial charge in [-0.25, -0.2) is 4.98 Å². The van der Waals surface area contributed by atoms with Gasteiger partial charge in [0, 0.05) is 62.8 Å². The average molecular weight is 371 g/mol. The summed E-state index contributed by atoms with van der Waals surface area (Å²) in [6.07, 6.45) is 6.32. The van der Waals surface area contributed by atoms with Crippen molar-refractivity contribution in [1.82, 2.24) is 19.4 Å². The zero-order valence-electron chi connectivity index (χ0n) is 15.3. The third-order valence-corrected chi connectivity index (χ3v) is 6.57. The second-order valence-electron chi connectivity index (χ2n) is 7.11. The number of thioether (sulfide) groups is 1. The van der Waals surface area contributed by atoms with E-state index in [1.54, 1.807) is 6.20 Å². The molecular formula is C20H26N4OS. The average Bonchev–Trinajstić information content (AvgIpc) is 3.14. The van der Waals surface area contributed by atoms with Gasteiger partial charge in [0.05, 0.1) is 0 Å². The van der Waals surface area contributed by atoms with Gasteiger partial charge in [-0.2, -0.15) is 11.8 Å². The molecule has 3 heterocycles. The topological polar surface area (TPSA) is 41.4 Å². The molecule has 0 radical (unpaired) electrons. The normalized spacial score (nSPS) is 19.7. The van der Waals surface area contributed by atoms with Gasteiger partial charge in [-0.15, -0.1) is 0 Å². The van der Waals surface area contributed by atoms with E-state index in [4.69, 9.17) is 0 Å². The van der Waals surface area contributed by atoms with Crippen LogP contribution in [0.25, 0.3) is 11.4 Å². The summed E-state index contributed by atoms with van der Waals surface area (Å²) < 4.78 is 1.99. The van der Waals surface area contributed by atoms with E-state index >= 15 is 0 Å². The predicted molar refractivity (Wildman–Crippen MR) is 106 cm³/mol. The van der Waals surface area contributed by atoms with Crippen molar-refractivity contribution in [2.24, 2.45) is 7.05 Å². The van der Waals surface area contributed by atoms with Crippen molar-refractivity contribution in [2.45, 2.75) is 18.9 Å². The molecule has 1 aromatic heterocycles. The van der Waals surface area contributed by atoms with Gasteiger partial charge in [-0.05, 0) is 36.5 Å². The summed E-state index contributed by atoms with van der Waals surface area (Å²) in [6.45, 7) is 3.69. The minimum absolute atomic E-state index is 0.148. The fourth-order valence-electron chi connectivity index (χ4n) is 3.93. The highest BCUT2D eigenvalue weighted by atomic mass is 32.2. The number of rotatable bonds is 3. The second-order valence-corrected chi connectivity index (χ2v) is 8.34. The molecule has 4 rings (SSSR count). The molecule has 2 aliphatic rings. The Kier molecular flexibility index (Phi) is 5.31. The number of imidazole rings is 1. The number of carbonyl (C=O) groups is 1. The van der Waals surface area contributed by atoms with Crippen LogP contribution in [0.15, 0.2) is 36.7 Å². The first-order valence-electron chi connectivity index (χ1n) is 9.41. The maximum absolute atomic E-state index is 12.8. The van der Waals surface area contributed by atoms with Crippen molar-refractivity contribution in [1.29, 1.82) is 0 Å². The van der Waals surface area contributed by atoms with Crippen molar-refractivity contribution in [3.05, 3.63) is 42.2 Å². The third kappa shape index (κ3) is 3.67. The monoisotopic (exact) mass is 370 g/mol. The van der Waals surface area contributed by atoms with Crippen LogP contribution >= 0.6 is 11.8 Å². The highest BCUT2D eigenvalue weighted by molar-refractivity contribution is 7.99. The largest absolute Gasteiger partial charge is 0.336 e. The van der Waals surface area contributed by atoms with Crippen molar-refractivity contribution < 1.29 is 4.79 Å². The van der Waals surface area contributed by atoms with Gasteiger partial charge in [0.1, 0.15) is 5.82 Å². The van der Waals surface area contributed by atoms with Gasteiger partial charge in [-0.1, -0.05) is 12.1 Å². The quantitative estimate of drug-likeness (QED) is 0.833. The van der Waals surface area contributed by atoms with E-state index in [9.17, 15) is 4.79 Å². The van der Waals surface area contributed by atoms with Gasteiger partial charge in [-0.3, -0.25) is 9.69 Å². The van der Waals surface area contributed by atoms with Gasteiger partial charge in [0.15, 0.2) is 0 Å². The first kappa shape index (κ1) is 17.6. The van der Waals surface area contributed by atoms with Crippen LogP contribution in [0.3, 0.4) is 0 Å². The van der Waals surface area contributed by atoms with E-state index in [1.807, 2.05) is 47.0 Å². The van der Waals surface area contributed by atoms with Crippen LogP contribution in [0.1, 0.15) is 23.2 Å². The van der Waals surface area contributed by atoms with E-state index in [1.165, 1.54) is 24.3 Å². The number of aryl methyl sites for hydroxylation is 1. The van der Waals surface area contributed by atoms with Crippen LogP contribution in [0.4, 0.5) is 0 Å². The molecule has 0 saturated carbocycles. The van der Waals surface area contributed by atoms with Crippen LogP contribution in [0, 0.1) is 0 Å². The van der Waals surface area contributed by atoms with Crippen LogP contribution in [0.2, 0.25) is 0 Å². The highest BCUT2D eigenvalue weighted by Crippen LogP contribution is 2.23. The molecule has 0 spiro atoms. The summed E-state index contributed by atoms with van der Waals surface area (Å²) in [4.78, 5) is 21.8. The summed E-state index contributed by atoms with van der Waals surface area (Å²) in [5, 5.41) is 0. The van der Waals surface area contributed by atoms with Crippen molar-refractivity contribution in [2.75, 3.05) is 37.7 Å². The standard InChI is InChI=1S/C20H26N4OS/c1-22-9-8-21-19(22)16-2-4-17(5-3-16)20(25)24-12-10-23(11-13-24)18-6-14-26-15-7-18/h2-5,8-9,18H,6-7,10-15H2,1H3. The van der Waals surface area contributed by atoms with Gasteiger partial charge in [0.2, 0.25) is 0 Å². The molecule has 138 valence electrons. The number of hydrogen-bond donors (Lipinski definition) is 0. The molecule has 2 aromatic rings. The summed E-state index contributed by atoms with van der Waals surface area (Å²) in [5.41, 5.74) is 1.81. The summed E-state index contributed by atoms with van der Waals surface area (Å²) in [6, 6.07) is 8.57. The zero-order valence-corrected chi connectivity index (χ0v) is 16.1. The van der Waals surface area contributed by atoms with Crippen LogP contribution in [-0.4, -0.2) is 69.0 Å². The molecule has 0 N–H and O–H groups in total. The van der Waals surface area contributed by atoms with E-state index in [2.05, 4.69) is 21.6 Å². The Balaban J connectivity index is 1.37. The summed E-state index contributed by atoms with van der Waals surface area (Å²) in [7, 11) is 1.98. The second kappa shape index (κ2) is 7.84. The Morgan fingerprint density at radius 3 is 2.38 bits per heavy atom. The molecule has 2 aliphatic heterocycles. The SMILES string of the molecule is Cn1ccnc1-c1ccc(C(=O)N2CCN(C3CCSCC3)CC2)cc1. The molecule has 0 bridgehead atoms. The van der Waals surface area contributed by atoms with E-state index in [0.717, 1.165) is 49.2 Å². The lowest BCUT2D eigenvalue weighted by atomic mass is 10.1. The minimum atomic E-state index is 0.148. The number of amides is 1. The van der Waals surface area contributed by atoms with E-state index in [-0.39, 0.29) is 5.91 Å². The van der Waals surface area contributed by atoms with E-state index in [0.29, 0.717) is 0 Å². The van der Waals surface area contributed by atoms with E-state index < -0.39 is 0 Å². The first-order chi connectivity index (χ1) is 12.7. The number of carbonyl (C=O) groups excluding carboxylic acids is 1. The fraction of sp³-hybridized carbons (Fsp3) is 0.500. The van der Waals surface area contributed by atoms with Crippen LogP contribution in [0.5, 0.6) is 0 Å². The maximum Gasteiger partial charge on any atom is 0.253 e. The molecule has 0 aliphatic carbocycles. The lowest BCUT2D eigenvalue weighted by Crippen LogP contribution is -2.52. The van der Waals surface area contributed by atoms with Crippen molar-refractivity contribution in [3.63, 3.8) is 0 Å². The minimum Gasteiger partial charge on any atom is -0.336 e.